The Kier molecular flexibility index (Phi) is 2.74. The first kappa shape index (κ1) is 8.53. The molecule has 1 aromatic heterocycles. The minimum absolute atomic E-state index is 0.0776. The van der Waals surface area contributed by atoms with Crippen LogP contribution in [0.5, 0.6) is 0 Å². The van der Waals surface area contributed by atoms with E-state index >= 15 is 0 Å². The van der Waals surface area contributed by atoms with Crippen molar-refractivity contribution in [3.63, 3.8) is 0 Å². The molecule has 10 heavy (non-hydrogen) atoms. The van der Waals surface area contributed by atoms with Gasteiger partial charge in [-0.3, -0.25) is 0 Å². The summed E-state index contributed by atoms with van der Waals surface area (Å²) in [6.45, 7) is 1.94. The lowest BCUT2D eigenvalue weighted by atomic mass is 10.3. The molecule has 0 saturated carbocycles. The molecule has 0 saturated heterocycles. The molecule has 0 spiro atoms. The molecule has 0 aliphatic carbocycles. The van der Waals surface area contributed by atoms with E-state index in [4.69, 9.17) is 17.3 Å². The quantitative estimate of drug-likeness (QED) is 0.802. The van der Waals surface area contributed by atoms with Crippen LogP contribution in [0.25, 0.3) is 0 Å². The van der Waals surface area contributed by atoms with Crippen molar-refractivity contribution in [2.75, 3.05) is 0 Å². The maximum atomic E-state index is 5.79. The molecule has 0 fully saturated rings. The number of thiophene rings is 1. The van der Waals surface area contributed by atoms with Crippen LogP contribution in [0.1, 0.15) is 17.8 Å². The smallest absolute Gasteiger partial charge is 0.107 e. The highest BCUT2D eigenvalue weighted by Gasteiger charge is 2.06. The third kappa shape index (κ3) is 1.72. The number of nitrogens with two attached hydrogens (primary N) is 1. The van der Waals surface area contributed by atoms with Crippen LogP contribution >= 0.6 is 38.9 Å². The van der Waals surface area contributed by atoms with Crippen molar-refractivity contribution in [2.24, 2.45) is 5.73 Å². The monoisotopic (exact) mass is 239 g/mol. The maximum absolute atomic E-state index is 5.79. The fourth-order valence-electron chi connectivity index (χ4n) is 0.588. The molecular weight excluding hydrogens is 233 g/mol. The van der Waals surface area contributed by atoms with Gasteiger partial charge >= 0.3 is 0 Å². The number of halogens is 2. The Morgan fingerprint density at radius 2 is 2.40 bits per heavy atom. The van der Waals surface area contributed by atoms with E-state index in [2.05, 4.69) is 15.9 Å². The summed E-state index contributed by atoms with van der Waals surface area (Å²) in [7, 11) is 0. The Morgan fingerprint density at radius 1 is 1.80 bits per heavy atom. The van der Waals surface area contributed by atoms with Gasteiger partial charge in [0.2, 0.25) is 0 Å². The van der Waals surface area contributed by atoms with Crippen LogP contribution < -0.4 is 5.73 Å². The van der Waals surface area contributed by atoms with Crippen LogP contribution in [0.15, 0.2) is 10.5 Å². The predicted molar refractivity (Wildman–Crippen MR) is 49.6 cm³/mol. The normalized spacial score (nSPS) is 13.6. The third-order valence-electron chi connectivity index (χ3n) is 1.11. The summed E-state index contributed by atoms with van der Waals surface area (Å²) in [5.74, 6) is 0. The average Bonchev–Trinajstić information content (AvgIpc) is 2.13. The van der Waals surface area contributed by atoms with Gasteiger partial charge in [0.1, 0.15) is 4.34 Å². The second-order valence-electron chi connectivity index (χ2n) is 2.06. The first-order chi connectivity index (χ1) is 4.61. The topological polar surface area (TPSA) is 26.0 Å². The molecule has 0 amide bonds. The zero-order valence-corrected chi connectivity index (χ0v) is 8.55. The molecular formula is C6H7BrClNS. The molecule has 1 aromatic rings. The van der Waals surface area contributed by atoms with Crippen molar-refractivity contribution >= 4 is 38.9 Å². The number of hydrogen-bond donors (Lipinski definition) is 1. The van der Waals surface area contributed by atoms with Gasteiger partial charge in [0.05, 0.1) is 0 Å². The molecule has 1 atom stereocenters. The zero-order valence-electron chi connectivity index (χ0n) is 5.40. The Labute approximate surface area is 77.3 Å². The second kappa shape index (κ2) is 3.22. The van der Waals surface area contributed by atoms with Crippen LogP contribution in [0, 0.1) is 0 Å². The van der Waals surface area contributed by atoms with Crippen LogP contribution in [-0.4, -0.2) is 0 Å². The van der Waals surface area contributed by atoms with E-state index in [9.17, 15) is 0 Å². The van der Waals surface area contributed by atoms with Gasteiger partial charge in [-0.25, -0.2) is 0 Å². The van der Waals surface area contributed by atoms with Crippen LogP contribution in [-0.2, 0) is 0 Å². The summed E-state index contributed by atoms with van der Waals surface area (Å²) >= 11 is 10.6. The fraction of sp³-hybridized carbons (Fsp3) is 0.333. The van der Waals surface area contributed by atoms with Crippen molar-refractivity contribution < 1.29 is 0 Å². The molecule has 4 heteroatoms. The van der Waals surface area contributed by atoms with Gasteiger partial charge < -0.3 is 5.73 Å². The molecule has 0 aliphatic rings. The Bertz CT molecular complexity index is 214. The summed E-state index contributed by atoms with van der Waals surface area (Å²) < 4.78 is 1.71. The van der Waals surface area contributed by atoms with Gasteiger partial charge in [-0.1, -0.05) is 11.6 Å². The highest BCUT2D eigenvalue weighted by atomic mass is 79.9. The standard InChI is InChI=1S/C6H7BrClNS/c1-3(9)5-2-4(7)6(8)10-5/h2-3H,9H2,1H3/t3-/m1/s1. The molecule has 0 aliphatic heterocycles. The van der Waals surface area contributed by atoms with E-state index in [0.29, 0.717) is 0 Å². The molecule has 1 heterocycles. The number of rotatable bonds is 1. The van der Waals surface area contributed by atoms with Crippen molar-refractivity contribution in [1.82, 2.24) is 0 Å². The Balaban J connectivity index is 2.98. The minimum Gasteiger partial charge on any atom is -0.324 e. The highest BCUT2D eigenvalue weighted by Crippen LogP contribution is 2.34. The van der Waals surface area contributed by atoms with Crippen molar-refractivity contribution in [2.45, 2.75) is 13.0 Å². The number of hydrogen-bond acceptors (Lipinski definition) is 2. The van der Waals surface area contributed by atoms with Crippen LogP contribution in [0.2, 0.25) is 4.34 Å². The first-order valence-corrected chi connectivity index (χ1v) is 4.80. The average molecular weight is 241 g/mol. The molecule has 0 aromatic carbocycles. The van der Waals surface area contributed by atoms with Gasteiger partial charge in [-0.15, -0.1) is 11.3 Å². The van der Waals surface area contributed by atoms with Gasteiger partial charge in [0.25, 0.3) is 0 Å². The predicted octanol–water partition coefficient (Wildman–Crippen LogP) is 3.18. The summed E-state index contributed by atoms with van der Waals surface area (Å²) in [5, 5.41) is 0. The fourth-order valence-corrected chi connectivity index (χ4v) is 2.28. The lowest BCUT2D eigenvalue weighted by molar-refractivity contribution is 0.838. The second-order valence-corrected chi connectivity index (χ2v) is 4.60. The summed E-state index contributed by atoms with van der Waals surface area (Å²) in [5.41, 5.74) is 5.63. The molecule has 2 N–H and O–H groups in total. The largest absolute Gasteiger partial charge is 0.324 e. The maximum Gasteiger partial charge on any atom is 0.107 e. The van der Waals surface area contributed by atoms with E-state index < -0.39 is 0 Å². The molecule has 56 valence electrons. The SMILES string of the molecule is C[C@@H](N)c1cc(Br)c(Cl)s1. The van der Waals surface area contributed by atoms with E-state index in [0.717, 1.165) is 13.7 Å². The lowest BCUT2D eigenvalue weighted by Crippen LogP contribution is -2.01. The molecule has 0 bridgehead atoms. The van der Waals surface area contributed by atoms with Gasteiger partial charge in [0.15, 0.2) is 0 Å². The van der Waals surface area contributed by atoms with E-state index in [-0.39, 0.29) is 6.04 Å². The van der Waals surface area contributed by atoms with Gasteiger partial charge in [-0.05, 0) is 28.9 Å². The summed E-state index contributed by atoms with van der Waals surface area (Å²) in [6, 6.07) is 2.03. The third-order valence-corrected chi connectivity index (χ3v) is 3.79. The van der Waals surface area contributed by atoms with Crippen molar-refractivity contribution in [3.05, 3.63) is 19.8 Å². The van der Waals surface area contributed by atoms with E-state index in [1.807, 2.05) is 13.0 Å². The molecule has 1 rings (SSSR count). The zero-order chi connectivity index (χ0) is 7.72. The Morgan fingerprint density at radius 3 is 2.60 bits per heavy atom. The first-order valence-electron chi connectivity index (χ1n) is 2.81. The Hall–Kier alpha value is 0.430. The summed E-state index contributed by atoms with van der Waals surface area (Å²) in [6.07, 6.45) is 0. The van der Waals surface area contributed by atoms with E-state index in [1.165, 1.54) is 11.3 Å². The molecule has 1 nitrogen and oxygen atoms in total. The minimum atomic E-state index is 0.0776. The van der Waals surface area contributed by atoms with Crippen LogP contribution in [0.4, 0.5) is 0 Å². The lowest BCUT2D eigenvalue weighted by Gasteiger charge is -1.96. The van der Waals surface area contributed by atoms with Gasteiger partial charge in [-0.2, -0.15) is 0 Å². The summed E-state index contributed by atoms with van der Waals surface area (Å²) in [4.78, 5) is 1.11. The van der Waals surface area contributed by atoms with Crippen LogP contribution in [0.3, 0.4) is 0 Å². The van der Waals surface area contributed by atoms with Crippen molar-refractivity contribution in [1.29, 1.82) is 0 Å². The molecule has 0 unspecified atom stereocenters. The molecule has 0 radical (unpaired) electrons. The van der Waals surface area contributed by atoms with Gasteiger partial charge in [0, 0.05) is 15.4 Å². The van der Waals surface area contributed by atoms with Crippen molar-refractivity contribution in [3.8, 4) is 0 Å². The highest BCUT2D eigenvalue weighted by molar-refractivity contribution is 9.10. The van der Waals surface area contributed by atoms with E-state index in [1.54, 1.807) is 0 Å².